The summed E-state index contributed by atoms with van der Waals surface area (Å²) >= 11 is 5.95. The van der Waals surface area contributed by atoms with Gasteiger partial charge in [0.1, 0.15) is 17.4 Å². The van der Waals surface area contributed by atoms with E-state index in [9.17, 15) is 4.79 Å². The highest BCUT2D eigenvalue weighted by Crippen LogP contribution is 2.30. The minimum atomic E-state index is -0.438. The summed E-state index contributed by atoms with van der Waals surface area (Å²) in [5.41, 5.74) is 0.668. The van der Waals surface area contributed by atoms with Crippen molar-refractivity contribution in [1.82, 2.24) is 9.78 Å². The van der Waals surface area contributed by atoms with E-state index < -0.39 is 5.56 Å². The first-order valence-corrected chi connectivity index (χ1v) is 5.77. The molecule has 1 aromatic carbocycles. The minimum Gasteiger partial charge on any atom is -0.496 e. The molecule has 0 aliphatic heterocycles. The largest absolute Gasteiger partial charge is 0.496 e. The Morgan fingerprint density at radius 2 is 2.16 bits per heavy atom. The summed E-state index contributed by atoms with van der Waals surface area (Å²) in [6.07, 6.45) is 0. The Kier molecular flexibility index (Phi) is 3.54. The standard InChI is InChI=1S/C13H10ClN3O2/c1-17-13(18)8(7-15)5-11(16-17)10-6-9(14)3-4-12(10)19-2/h3-6H,1-2H3. The zero-order valence-electron chi connectivity index (χ0n) is 10.3. The number of nitrogens with zero attached hydrogens (tertiary/aromatic N) is 3. The van der Waals surface area contributed by atoms with Crippen LogP contribution in [0.5, 0.6) is 5.75 Å². The predicted molar refractivity (Wildman–Crippen MR) is 71.2 cm³/mol. The zero-order chi connectivity index (χ0) is 14.0. The molecule has 1 aromatic heterocycles. The van der Waals surface area contributed by atoms with E-state index in [1.165, 1.54) is 20.2 Å². The lowest BCUT2D eigenvalue weighted by Crippen LogP contribution is -2.22. The molecule has 0 aliphatic rings. The lowest BCUT2D eigenvalue weighted by atomic mass is 10.1. The molecule has 2 rings (SSSR count). The molecule has 0 atom stereocenters. The fourth-order valence-electron chi connectivity index (χ4n) is 1.70. The van der Waals surface area contributed by atoms with Gasteiger partial charge in [-0.1, -0.05) is 11.6 Å². The zero-order valence-corrected chi connectivity index (χ0v) is 11.1. The summed E-state index contributed by atoms with van der Waals surface area (Å²) < 4.78 is 6.35. The maximum atomic E-state index is 11.6. The topological polar surface area (TPSA) is 67.9 Å². The molecule has 0 unspecified atom stereocenters. The van der Waals surface area contributed by atoms with E-state index in [1.54, 1.807) is 18.2 Å². The van der Waals surface area contributed by atoms with Gasteiger partial charge in [-0.05, 0) is 24.3 Å². The highest BCUT2D eigenvalue weighted by atomic mass is 35.5. The molecule has 19 heavy (non-hydrogen) atoms. The Labute approximate surface area is 114 Å². The van der Waals surface area contributed by atoms with Crippen LogP contribution in [0.4, 0.5) is 0 Å². The number of benzene rings is 1. The average Bonchev–Trinajstić information content (AvgIpc) is 2.41. The number of hydrogen-bond acceptors (Lipinski definition) is 4. The van der Waals surface area contributed by atoms with Crippen molar-refractivity contribution in [2.45, 2.75) is 0 Å². The lowest BCUT2D eigenvalue weighted by Gasteiger charge is -2.09. The highest BCUT2D eigenvalue weighted by Gasteiger charge is 2.12. The third kappa shape index (κ3) is 2.44. The van der Waals surface area contributed by atoms with Crippen LogP contribution in [0.25, 0.3) is 11.3 Å². The minimum absolute atomic E-state index is 0.0227. The van der Waals surface area contributed by atoms with E-state index in [0.717, 1.165) is 4.68 Å². The number of nitriles is 1. The van der Waals surface area contributed by atoms with Gasteiger partial charge in [-0.15, -0.1) is 0 Å². The van der Waals surface area contributed by atoms with Crippen molar-refractivity contribution in [3.05, 3.63) is 45.2 Å². The molecule has 0 bridgehead atoms. The number of rotatable bonds is 2. The molecule has 0 aliphatic carbocycles. The van der Waals surface area contributed by atoms with E-state index in [0.29, 0.717) is 22.0 Å². The average molecular weight is 276 g/mol. The summed E-state index contributed by atoms with van der Waals surface area (Å²) in [5, 5.41) is 13.6. The van der Waals surface area contributed by atoms with Gasteiger partial charge in [-0.25, -0.2) is 4.68 Å². The van der Waals surface area contributed by atoms with Crippen LogP contribution in [0.2, 0.25) is 5.02 Å². The first kappa shape index (κ1) is 13.1. The van der Waals surface area contributed by atoms with Crippen LogP contribution in [0.1, 0.15) is 5.56 Å². The number of halogens is 1. The second-order valence-corrected chi connectivity index (χ2v) is 4.26. The number of ether oxygens (including phenoxy) is 1. The quantitative estimate of drug-likeness (QED) is 0.840. The Morgan fingerprint density at radius 3 is 2.79 bits per heavy atom. The monoisotopic (exact) mass is 275 g/mol. The summed E-state index contributed by atoms with van der Waals surface area (Å²) in [6.45, 7) is 0. The van der Waals surface area contributed by atoms with Crippen LogP contribution in [-0.2, 0) is 7.05 Å². The lowest BCUT2D eigenvalue weighted by molar-refractivity contribution is 0.416. The third-order valence-corrected chi connectivity index (χ3v) is 2.86. The first-order chi connectivity index (χ1) is 9.06. The normalized spacial score (nSPS) is 10.0. The van der Waals surface area contributed by atoms with Crippen LogP contribution in [0, 0.1) is 11.3 Å². The molecule has 0 amide bonds. The van der Waals surface area contributed by atoms with Crippen molar-refractivity contribution in [2.24, 2.45) is 7.05 Å². The highest BCUT2D eigenvalue weighted by molar-refractivity contribution is 6.30. The third-order valence-electron chi connectivity index (χ3n) is 2.62. The fourth-order valence-corrected chi connectivity index (χ4v) is 1.87. The molecule has 5 nitrogen and oxygen atoms in total. The van der Waals surface area contributed by atoms with Crippen molar-refractivity contribution in [3.8, 4) is 23.1 Å². The van der Waals surface area contributed by atoms with Gasteiger partial charge in [-0.3, -0.25) is 4.79 Å². The molecule has 0 fully saturated rings. The molecule has 0 radical (unpaired) electrons. The maximum absolute atomic E-state index is 11.6. The smallest absolute Gasteiger partial charge is 0.284 e. The Bertz CT molecular complexity index is 732. The first-order valence-electron chi connectivity index (χ1n) is 5.39. The molecule has 0 saturated carbocycles. The molecule has 6 heteroatoms. The van der Waals surface area contributed by atoms with Gasteiger partial charge in [0.15, 0.2) is 0 Å². The predicted octanol–water partition coefficient (Wildman–Crippen LogP) is 1.98. The van der Waals surface area contributed by atoms with Crippen molar-refractivity contribution < 1.29 is 4.74 Å². The van der Waals surface area contributed by atoms with Crippen LogP contribution < -0.4 is 10.3 Å². The summed E-state index contributed by atoms with van der Waals surface area (Å²) in [4.78, 5) is 11.6. The van der Waals surface area contributed by atoms with Gasteiger partial charge < -0.3 is 4.74 Å². The molecule has 96 valence electrons. The number of aromatic nitrogens is 2. The molecular formula is C13H10ClN3O2. The fraction of sp³-hybridized carbons (Fsp3) is 0.154. The van der Waals surface area contributed by atoms with Crippen LogP contribution in [0.3, 0.4) is 0 Å². The van der Waals surface area contributed by atoms with E-state index in [-0.39, 0.29) is 5.56 Å². The molecule has 2 aromatic rings. The Balaban J connectivity index is 2.73. The van der Waals surface area contributed by atoms with Gasteiger partial charge in [0.2, 0.25) is 0 Å². The van der Waals surface area contributed by atoms with E-state index in [1.807, 2.05) is 6.07 Å². The van der Waals surface area contributed by atoms with Gasteiger partial charge in [-0.2, -0.15) is 10.4 Å². The van der Waals surface area contributed by atoms with Gasteiger partial charge >= 0.3 is 0 Å². The molecule has 0 N–H and O–H groups in total. The summed E-state index contributed by atoms with van der Waals surface area (Å²) in [6, 6.07) is 8.35. The second-order valence-electron chi connectivity index (χ2n) is 3.83. The molecular weight excluding hydrogens is 266 g/mol. The molecule has 0 saturated heterocycles. The van der Waals surface area contributed by atoms with Crippen molar-refractivity contribution in [1.29, 1.82) is 5.26 Å². The molecule has 0 spiro atoms. The van der Waals surface area contributed by atoms with E-state index in [2.05, 4.69) is 5.10 Å². The number of methoxy groups -OCH3 is 1. The summed E-state index contributed by atoms with van der Waals surface area (Å²) in [7, 11) is 3.02. The Hall–Kier alpha value is -2.32. The van der Waals surface area contributed by atoms with Gasteiger partial charge in [0, 0.05) is 17.6 Å². The number of aryl methyl sites for hydroxylation is 1. The van der Waals surface area contributed by atoms with Crippen LogP contribution in [-0.4, -0.2) is 16.9 Å². The van der Waals surface area contributed by atoms with Crippen LogP contribution >= 0.6 is 11.6 Å². The van der Waals surface area contributed by atoms with Crippen molar-refractivity contribution in [2.75, 3.05) is 7.11 Å². The second kappa shape index (κ2) is 5.12. The van der Waals surface area contributed by atoms with E-state index in [4.69, 9.17) is 21.6 Å². The number of hydrogen-bond donors (Lipinski definition) is 0. The van der Waals surface area contributed by atoms with Crippen molar-refractivity contribution in [3.63, 3.8) is 0 Å². The van der Waals surface area contributed by atoms with Crippen molar-refractivity contribution >= 4 is 11.6 Å². The van der Waals surface area contributed by atoms with Crippen LogP contribution in [0.15, 0.2) is 29.1 Å². The Morgan fingerprint density at radius 1 is 1.42 bits per heavy atom. The SMILES string of the molecule is COc1ccc(Cl)cc1-c1cc(C#N)c(=O)n(C)n1. The van der Waals surface area contributed by atoms with Gasteiger partial charge in [0.25, 0.3) is 5.56 Å². The molecule has 1 heterocycles. The van der Waals surface area contributed by atoms with Gasteiger partial charge in [0.05, 0.1) is 12.8 Å². The summed E-state index contributed by atoms with van der Waals surface area (Å²) in [5.74, 6) is 0.569. The maximum Gasteiger partial charge on any atom is 0.284 e. The van der Waals surface area contributed by atoms with E-state index >= 15 is 0 Å².